The summed E-state index contributed by atoms with van der Waals surface area (Å²) in [5.74, 6) is 0.321. The lowest BCUT2D eigenvalue weighted by Gasteiger charge is -2.20. The van der Waals surface area contributed by atoms with Crippen LogP contribution >= 0.6 is 11.6 Å². The van der Waals surface area contributed by atoms with Crippen molar-refractivity contribution in [2.24, 2.45) is 5.73 Å². The minimum atomic E-state index is -0.382. The fraction of sp³-hybridized carbons (Fsp3) is 0.200. The Morgan fingerprint density at radius 2 is 2.05 bits per heavy atom. The van der Waals surface area contributed by atoms with Crippen molar-refractivity contribution in [1.29, 1.82) is 0 Å². The van der Waals surface area contributed by atoms with Crippen LogP contribution in [0.25, 0.3) is 0 Å². The quantitative estimate of drug-likeness (QED) is 0.886. The van der Waals surface area contributed by atoms with E-state index in [1.54, 1.807) is 13.2 Å². The summed E-state index contributed by atoms with van der Waals surface area (Å²) in [4.78, 5) is 0. The average molecular weight is 295 g/mol. The number of anilines is 1. The first-order valence-electron chi connectivity index (χ1n) is 6.19. The summed E-state index contributed by atoms with van der Waals surface area (Å²) in [5.41, 5.74) is 7.27. The first-order chi connectivity index (χ1) is 9.63. The highest BCUT2D eigenvalue weighted by molar-refractivity contribution is 6.30. The van der Waals surface area contributed by atoms with Crippen molar-refractivity contribution in [3.05, 3.63) is 58.9 Å². The zero-order valence-corrected chi connectivity index (χ0v) is 11.8. The van der Waals surface area contributed by atoms with Crippen molar-refractivity contribution in [2.45, 2.75) is 6.04 Å². The Labute approximate surface area is 122 Å². The number of para-hydroxylation sites is 2. The number of rotatable bonds is 5. The van der Waals surface area contributed by atoms with Gasteiger partial charge in [0.25, 0.3) is 0 Å². The highest BCUT2D eigenvalue weighted by Gasteiger charge is 2.13. The number of hydrogen-bond acceptors (Lipinski definition) is 3. The van der Waals surface area contributed by atoms with E-state index in [9.17, 15) is 4.39 Å². The summed E-state index contributed by atoms with van der Waals surface area (Å²) in [6.45, 7) is 0.303. The molecular weight excluding hydrogens is 279 g/mol. The van der Waals surface area contributed by atoms with Gasteiger partial charge in [-0.1, -0.05) is 23.7 Å². The molecule has 106 valence electrons. The molecule has 0 amide bonds. The predicted molar refractivity (Wildman–Crippen MR) is 79.8 cm³/mol. The van der Waals surface area contributed by atoms with Crippen molar-refractivity contribution in [3.8, 4) is 5.75 Å². The molecule has 1 atom stereocenters. The van der Waals surface area contributed by atoms with Crippen molar-refractivity contribution < 1.29 is 9.13 Å². The molecule has 0 aromatic heterocycles. The number of hydrogen-bond donors (Lipinski definition) is 2. The molecule has 2 aromatic rings. The molecule has 0 fully saturated rings. The second-order valence-corrected chi connectivity index (χ2v) is 4.77. The predicted octanol–water partition coefficient (Wildman–Crippen LogP) is 3.60. The van der Waals surface area contributed by atoms with Crippen molar-refractivity contribution >= 4 is 17.3 Å². The van der Waals surface area contributed by atoms with E-state index in [1.165, 1.54) is 12.1 Å². The van der Waals surface area contributed by atoms with Crippen LogP contribution < -0.4 is 15.8 Å². The van der Waals surface area contributed by atoms with Crippen LogP contribution in [-0.2, 0) is 0 Å². The molecule has 2 rings (SSSR count). The monoisotopic (exact) mass is 294 g/mol. The third-order valence-corrected chi connectivity index (χ3v) is 3.18. The topological polar surface area (TPSA) is 47.3 Å². The van der Waals surface area contributed by atoms with E-state index in [0.717, 1.165) is 5.69 Å². The van der Waals surface area contributed by atoms with Gasteiger partial charge in [-0.15, -0.1) is 0 Å². The zero-order chi connectivity index (χ0) is 14.5. The maximum absolute atomic E-state index is 13.4. The molecule has 0 aliphatic rings. The number of nitrogens with one attached hydrogen (secondary N) is 1. The highest BCUT2D eigenvalue weighted by Crippen LogP contribution is 2.28. The molecule has 0 saturated carbocycles. The van der Waals surface area contributed by atoms with Crippen LogP contribution in [-0.4, -0.2) is 13.7 Å². The minimum Gasteiger partial charge on any atom is -0.495 e. The Morgan fingerprint density at radius 3 is 2.70 bits per heavy atom. The normalized spacial score (nSPS) is 12.0. The molecule has 20 heavy (non-hydrogen) atoms. The number of halogens is 2. The summed E-state index contributed by atoms with van der Waals surface area (Å²) in [5, 5.41) is 3.59. The zero-order valence-electron chi connectivity index (χ0n) is 11.1. The van der Waals surface area contributed by atoms with E-state index >= 15 is 0 Å². The van der Waals surface area contributed by atoms with E-state index in [0.29, 0.717) is 22.9 Å². The van der Waals surface area contributed by atoms with Gasteiger partial charge in [-0.2, -0.15) is 0 Å². The van der Waals surface area contributed by atoms with Gasteiger partial charge < -0.3 is 15.8 Å². The van der Waals surface area contributed by atoms with E-state index in [2.05, 4.69) is 5.32 Å². The van der Waals surface area contributed by atoms with Crippen molar-refractivity contribution in [3.63, 3.8) is 0 Å². The maximum Gasteiger partial charge on any atom is 0.141 e. The Hall–Kier alpha value is -1.78. The number of methoxy groups -OCH3 is 1. The average Bonchev–Trinajstić information content (AvgIpc) is 2.44. The van der Waals surface area contributed by atoms with Gasteiger partial charge >= 0.3 is 0 Å². The first kappa shape index (κ1) is 14.6. The molecule has 0 spiro atoms. The van der Waals surface area contributed by atoms with Gasteiger partial charge in [-0.05, 0) is 35.9 Å². The summed E-state index contributed by atoms with van der Waals surface area (Å²) < 4.78 is 18.7. The van der Waals surface area contributed by atoms with Crippen LogP contribution in [0.4, 0.5) is 10.1 Å². The van der Waals surface area contributed by atoms with Crippen LogP contribution in [0.3, 0.4) is 0 Å². The Kier molecular flexibility index (Phi) is 4.82. The Balaban J connectivity index is 2.28. The first-order valence-corrected chi connectivity index (χ1v) is 6.57. The summed E-state index contributed by atoms with van der Waals surface area (Å²) >= 11 is 5.88. The highest BCUT2D eigenvalue weighted by atomic mass is 35.5. The molecular formula is C15H16ClFN2O. The van der Waals surface area contributed by atoms with Gasteiger partial charge in [0.2, 0.25) is 0 Å². The van der Waals surface area contributed by atoms with Gasteiger partial charge in [-0.3, -0.25) is 0 Å². The summed E-state index contributed by atoms with van der Waals surface area (Å²) in [7, 11) is 1.59. The van der Waals surface area contributed by atoms with Gasteiger partial charge in [0.15, 0.2) is 0 Å². The molecule has 1 unspecified atom stereocenters. The molecule has 3 N–H and O–H groups in total. The molecule has 0 saturated heterocycles. The largest absolute Gasteiger partial charge is 0.495 e. The second kappa shape index (κ2) is 6.59. The molecule has 0 aliphatic carbocycles. The Morgan fingerprint density at radius 1 is 1.30 bits per heavy atom. The van der Waals surface area contributed by atoms with E-state index < -0.39 is 0 Å². The number of benzene rings is 2. The fourth-order valence-corrected chi connectivity index (χ4v) is 2.24. The third-order valence-electron chi connectivity index (χ3n) is 2.96. The Bertz CT molecular complexity index is 572. The third kappa shape index (κ3) is 3.40. The molecule has 0 bridgehead atoms. The van der Waals surface area contributed by atoms with Crippen LogP contribution in [0.1, 0.15) is 11.6 Å². The van der Waals surface area contributed by atoms with Gasteiger partial charge in [0, 0.05) is 11.6 Å². The summed E-state index contributed by atoms with van der Waals surface area (Å²) in [6, 6.07) is 11.6. The van der Waals surface area contributed by atoms with Gasteiger partial charge in [-0.25, -0.2) is 4.39 Å². The molecule has 0 aliphatic heterocycles. The number of nitrogens with two attached hydrogens (primary N) is 1. The lowest BCUT2D eigenvalue weighted by molar-refractivity contribution is 0.416. The second-order valence-electron chi connectivity index (χ2n) is 4.34. The van der Waals surface area contributed by atoms with Crippen molar-refractivity contribution in [2.75, 3.05) is 19.0 Å². The number of ether oxygens (including phenoxy) is 1. The lowest BCUT2D eigenvalue weighted by Crippen LogP contribution is -2.21. The summed E-state index contributed by atoms with van der Waals surface area (Å²) in [6.07, 6.45) is 0. The fourth-order valence-electron chi connectivity index (χ4n) is 2.01. The maximum atomic E-state index is 13.4. The molecule has 0 heterocycles. The van der Waals surface area contributed by atoms with Gasteiger partial charge in [0.05, 0.1) is 18.8 Å². The minimum absolute atomic E-state index is 0.250. The van der Waals surface area contributed by atoms with E-state index in [-0.39, 0.29) is 11.9 Å². The SMILES string of the molecule is COc1ccccc1NC(CN)c1cc(F)cc(Cl)c1. The standard InChI is InChI=1S/C15H16ClFN2O/c1-20-15-5-3-2-4-13(15)19-14(9-18)10-6-11(16)8-12(17)7-10/h2-8,14,19H,9,18H2,1H3. The van der Waals surface area contributed by atoms with Crippen LogP contribution in [0.5, 0.6) is 5.75 Å². The smallest absolute Gasteiger partial charge is 0.141 e. The molecule has 0 radical (unpaired) electrons. The van der Waals surface area contributed by atoms with Gasteiger partial charge in [0.1, 0.15) is 11.6 Å². The van der Waals surface area contributed by atoms with Crippen molar-refractivity contribution in [1.82, 2.24) is 0 Å². The van der Waals surface area contributed by atoms with Crippen LogP contribution in [0.2, 0.25) is 5.02 Å². The lowest BCUT2D eigenvalue weighted by atomic mass is 10.1. The molecule has 5 heteroatoms. The molecule has 2 aromatic carbocycles. The molecule has 3 nitrogen and oxygen atoms in total. The van der Waals surface area contributed by atoms with Crippen LogP contribution in [0.15, 0.2) is 42.5 Å². The van der Waals surface area contributed by atoms with E-state index in [4.69, 9.17) is 22.1 Å². The van der Waals surface area contributed by atoms with Crippen LogP contribution in [0, 0.1) is 5.82 Å². The van der Waals surface area contributed by atoms with E-state index in [1.807, 2.05) is 24.3 Å².